The molecule has 0 saturated carbocycles. The van der Waals surface area contributed by atoms with Crippen LogP contribution in [0.1, 0.15) is 15.9 Å². The molecule has 0 spiro atoms. The van der Waals surface area contributed by atoms with Gasteiger partial charge in [0.05, 0.1) is 18.0 Å². The minimum atomic E-state index is -0.814. The molecule has 1 aromatic heterocycles. The van der Waals surface area contributed by atoms with Gasteiger partial charge in [0.15, 0.2) is 8.38 Å². The number of rotatable bonds is 8. The molecule has 1 amide bonds. The summed E-state index contributed by atoms with van der Waals surface area (Å²) in [5.41, 5.74) is 9.92. The zero-order valence-corrected chi connectivity index (χ0v) is 17.6. The van der Waals surface area contributed by atoms with Gasteiger partial charge in [0.2, 0.25) is 0 Å². The van der Waals surface area contributed by atoms with Crippen molar-refractivity contribution in [2.75, 3.05) is 31.4 Å². The first kappa shape index (κ1) is 20.5. The lowest BCUT2D eigenvalue weighted by Crippen LogP contribution is -2.13. The van der Waals surface area contributed by atoms with Crippen LogP contribution in [0.4, 0.5) is 11.4 Å². The molecule has 0 aliphatic carbocycles. The van der Waals surface area contributed by atoms with Crippen molar-refractivity contribution in [2.24, 2.45) is 0 Å². The summed E-state index contributed by atoms with van der Waals surface area (Å²) in [7, 11) is 0.826. The van der Waals surface area contributed by atoms with Crippen LogP contribution in [0.2, 0.25) is 0 Å². The van der Waals surface area contributed by atoms with Gasteiger partial charge < -0.3 is 20.1 Å². The molecule has 2 aromatic carbocycles. The van der Waals surface area contributed by atoms with Gasteiger partial charge in [-0.25, -0.2) is 0 Å². The van der Waals surface area contributed by atoms with Gasteiger partial charge in [-0.05, 0) is 53.3 Å². The van der Waals surface area contributed by atoms with Crippen LogP contribution in [-0.2, 0) is 15.5 Å². The van der Waals surface area contributed by atoms with E-state index >= 15 is 0 Å². The Morgan fingerprint density at radius 1 is 1.18 bits per heavy atom. The van der Waals surface area contributed by atoms with Crippen LogP contribution >= 0.6 is 19.7 Å². The maximum atomic E-state index is 12.6. The molecule has 3 rings (SSSR count). The number of nitrogen functional groups attached to an aromatic ring is 1. The Hall–Kier alpha value is -2.24. The minimum absolute atomic E-state index is 0.186. The number of carbonyl (C=O) groups is 1. The summed E-state index contributed by atoms with van der Waals surface area (Å²) in [6.07, 6.45) is 0.772. The molecule has 0 fully saturated rings. The number of amides is 1. The van der Waals surface area contributed by atoms with Crippen molar-refractivity contribution in [1.82, 2.24) is 0 Å². The third-order valence-corrected chi connectivity index (χ3v) is 6.22. The fourth-order valence-corrected chi connectivity index (χ4v) is 3.80. The number of hydrogen-bond donors (Lipinski definition) is 2. The summed E-state index contributed by atoms with van der Waals surface area (Å²) in [4.78, 5) is 13.7. The van der Waals surface area contributed by atoms with Gasteiger partial charge in [-0.15, -0.1) is 11.3 Å². The van der Waals surface area contributed by atoms with Gasteiger partial charge in [0.25, 0.3) is 5.91 Å². The average Bonchev–Trinajstić information content (AvgIpc) is 3.25. The molecule has 146 valence electrons. The highest BCUT2D eigenvalue weighted by molar-refractivity contribution is 7.46. The topological polar surface area (TPSA) is 73.6 Å². The lowest BCUT2D eigenvalue weighted by molar-refractivity contribution is 0.102. The second kappa shape index (κ2) is 9.80. The van der Waals surface area contributed by atoms with Crippen molar-refractivity contribution in [3.05, 3.63) is 71.1 Å². The number of nitrogens with two attached hydrogens (primary N) is 1. The first-order valence-electron chi connectivity index (χ1n) is 8.81. The van der Waals surface area contributed by atoms with Crippen LogP contribution in [0, 0.1) is 0 Å². The van der Waals surface area contributed by atoms with E-state index in [4.69, 9.17) is 14.8 Å². The van der Waals surface area contributed by atoms with E-state index < -0.39 is 8.38 Å². The summed E-state index contributed by atoms with van der Waals surface area (Å²) < 4.78 is 10.7. The van der Waals surface area contributed by atoms with Gasteiger partial charge in [0.1, 0.15) is 0 Å². The Kier molecular flexibility index (Phi) is 7.18. The third-order valence-electron chi connectivity index (χ3n) is 4.24. The quantitative estimate of drug-likeness (QED) is 0.382. The number of anilines is 2. The largest absolute Gasteiger partial charge is 0.397 e. The Bertz CT molecular complexity index is 914. The van der Waals surface area contributed by atoms with Crippen molar-refractivity contribution in [3.63, 3.8) is 0 Å². The predicted molar refractivity (Wildman–Crippen MR) is 118 cm³/mol. The van der Waals surface area contributed by atoms with E-state index in [1.54, 1.807) is 18.4 Å². The SMILES string of the molecule is COP(C)OCCc1ccc(C(=O)Nc2cc(-c3cccs3)ccc2N)cc1. The number of hydrogen-bond acceptors (Lipinski definition) is 5. The standard InChI is InChI=1S/C21H23N2O3PS/c1-25-27(2)26-12-11-15-5-7-16(8-6-15)21(24)23-19-14-17(9-10-18(19)22)20-4-3-13-28-20/h3-10,13-14H,11-12,22H2,1-2H3,(H,23,24). The van der Waals surface area contributed by atoms with Gasteiger partial charge >= 0.3 is 0 Å². The van der Waals surface area contributed by atoms with Crippen LogP contribution < -0.4 is 11.1 Å². The molecule has 0 aliphatic rings. The van der Waals surface area contributed by atoms with E-state index in [2.05, 4.69) is 5.32 Å². The number of benzene rings is 2. The number of carbonyl (C=O) groups excluding carboxylic acids is 1. The molecule has 0 aliphatic heterocycles. The fraction of sp³-hybridized carbons (Fsp3) is 0.190. The molecular weight excluding hydrogens is 391 g/mol. The monoisotopic (exact) mass is 414 g/mol. The molecular formula is C21H23N2O3PS. The molecule has 3 N–H and O–H groups in total. The summed E-state index contributed by atoms with van der Waals surface area (Å²) in [6, 6.07) is 17.2. The minimum Gasteiger partial charge on any atom is -0.397 e. The van der Waals surface area contributed by atoms with Crippen molar-refractivity contribution in [1.29, 1.82) is 0 Å². The van der Waals surface area contributed by atoms with E-state index in [-0.39, 0.29) is 5.91 Å². The zero-order chi connectivity index (χ0) is 19.9. The molecule has 28 heavy (non-hydrogen) atoms. The van der Waals surface area contributed by atoms with Gasteiger partial charge in [0, 0.05) is 24.2 Å². The maximum Gasteiger partial charge on any atom is 0.255 e. The highest BCUT2D eigenvalue weighted by Gasteiger charge is 2.10. The molecule has 1 atom stereocenters. The van der Waals surface area contributed by atoms with Crippen molar-refractivity contribution in [3.8, 4) is 10.4 Å². The normalized spacial score (nSPS) is 11.9. The van der Waals surface area contributed by atoms with Gasteiger partial charge in [-0.1, -0.05) is 24.3 Å². The second-order valence-corrected chi connectivity index (χ2v) is 8.59. The van der Waals surface area contributed by atoms with E-state index in [9.17, 15) is 4.79 Å². The van der Waals surface area contributed by atoms with Crippen LogP contribution in [0.5, 0.6) is 0 Å². The maximum absolute atomic E-state index is 12.6. The molecule has 5 nitrogen and oxygen atoms in total. The van der Waals surface area contributed by atoms with Gasteiger partial charge in [-0.3, -0.25) is 4.79 Å². The molecule has 1 unspecified atom stereocenters. The van der Waals surface area contributed by atoms with Crippen LogP contribution in [0.15, 0.2) is 60.0 Å². The zero-order valence-electron chi connectivity index (χ0n) is 15.8. The third kappa shape index (κ3) is 5.40. The molecule has 0 bridgehead atoms. The van der Waals surface area contributed by atoms with E-state index in [1.165, 1.54) is 0 Å². The molecule has 3 aromatic rings. The molecule has 1 heterocycles. The Labute approximate surface area is 170 Å². The van der Waals surface area contributed by atoms with Gasteiger partial charge in [-0.2, -0.15) is 0 Å². The van der Waals surface area contributed by atoms with Crippen molar-refractivity contribution >= 4 is 37.0 Å². The molecule has 0 saturated heterocycles. The van der Waals surface area contributed by atoms with E-state index in [1.807, 2.05) is 66.6 Å². The summed E-state index contributed by atoms with van der Waals surface area (Å²) >= 11 is 1.65. The Morgan fingerprint density at radius 2 is 1.96 bits per heavy atom. The summed E-state index contributed by atoms with van der Waals surface area (Å²) in [6.45, 7) is 2.51. The molecule has 7 heteroatoms. The number of nitrogens with one attached hydrogen (secondary N) is 1. The van der Waals surface area contributed by atoms with E-state index in [0.29, 0.717) is 23.5 Å². The summed E-state index contributed by atoms with van der Waals surface area (Å²) in [5, 5.41) is 4.94. The van der Waals surface area contributed by atoms with E-state index in [0.717, 1.165) is 22.4 Å². The predicted octanol–water partition coefficient (Wildman–Crippen LogP) is 5.40. The first-order chi connectivity index (χ1) is 13.6. The second-order valence-electron chi connectivity index (χ2n) is 6.14. The Morgan fingerprint density at radius 3 is 2.64 bits per heavy atom. The van der Waals surface area contributed by atoms with Crippen LogP contribution in [0.3, 0.4) is 0 Å². The van der Waals surface area contributed by atoms with Crippen molar-refractivity contribution < 1.29 is 13.8 Å². The smallest absolute Gasteiger partial charge is 0.255 e. The fourth-order valence-electron chi connectivity index (χ4n) is 2.62. The van der Waals surface area contributed by atoms with Crippen LogP contribution in [-0.4, -0.2) is 26.3 Å². The lowest BCUT2D eigenvalue weighted by atomic mass is 10.1. The van der Waals surface area contributed by atoms with Crippen molar-refractivity contribution in [2.45, 2.75) is 6.42 Å². The average molecular weight is 414 g/mol. The molecule has 0 radical (unpaired) electrons. The lowest BCUT2D eigenvalue weighted by Gasteiger charge is -2.11. The summed E-state index contributed by atoms with van der Waals surface area (Å²) in [5.74, 6) is -0.186. The van der Waals surface area contributed by atoms with Crippen LogP contribution in [0.25, 0.3) is 10.4 Å². The Balaban J connectivity index is 1.64. The number of thiophene rings is 1. The highest BCUT2D eigenvalue weighted by atomic mass is 32.1. The highest BCUT2D eigenvalue weighted by Crippen LogP contribution is 2.32. The first-order valence-corrected chi connectivity index (χ1v) is 11.3.